The van der Waals surface area contributed by atoms with E-state index in [0.717, 1.165) is 12.0 Å². The van der Waals surface area contributed by atoms with Crippen LogP contribution in [0.15, 0.2) is 48.5 Å². The van der Waals surface area contributed by atoms with Gasteiger partial charge in [-0.25, -0.2) is 4.39 Å². The largest absolute Gasteiger partial charge is 0.362 e. The highest BCUT2D eigenvalue weighted by molar-refractivity contribution is 5.51. The van der Waals surface area contributed by atoms with Gasteiger partial charge < -0.3 is 4.90 Å². The standard InChI is InChI=1S/C21H26FN/c1-3-6-19-9-5-10-21(17-7-4-8-18(22)15-17)23(19)20-13-11-16(2)12-14-20/h4,7-8,11-15,19,21H,3,5-6,9-10H2,1-2H3/t19-,21-/m0/s1. The summed E-state index contributed by atoms with van der Waals surface area (Å²) in [6.07, 6.45) is 5.92. The second-order valence-corrected chi connectivity index (χ2v) is 6.69. The zero-order valence-corrected chi connectivity index (χ0v) is 14.1. The molecule has 0 spiro atoms. The van der Waals surface area contributed by atoms with Crippen LogP contribution >= 0.6 is 0 Å². The summed E-state index contributed by atoms with van der Waals surface area (Å²) < 4.78 is 13.7. The Morgan fingerprint density at radius 3 is 2.57 bits per heavy atom. The highest BCUT2D eigenvalue weighted by atomic mass is 19.1. The number of halogens is 1. The molecule has 1 fully saturated rings. The monoisotopic (exact) mass is 311 g/mol. The molecule has 0 N–H and O–H groups in total. The number of rotatable bonds is 4. The van der Waals surface area contributed by atoms with Crippen LogP contribution in [0.5, 0.6) is 0 Å². The molecule has 2 aromatic rings. The lowest BCUT2D eigenvalue weighted by atomic mass is 9.88. The summed E-state index contributed by atoms with van der Waals surface area (Å²) in [6.45, 7) is 4.37. The van der Waals surface area contributed by atoms with Crippen LogP contribution in [0.1, 0.15) is 56.2 Å². The second kappa shape index (κ2) is 7.16. The molecule has 122 valence electrons. The Hall–Kier alpha value is -1.83. The number of aryl methyl sites for hydroxylation is 1. The third-order valence-electron chi connectivity index (χ3n) is 4.93. The molecule has 1 saturated heterocycles. The van der Waals surface area contributed by atoms with Gasteiger partial charge in [-0.05, 0) is 62.4 Å². The number of piperidine rings is 1. The minimum absolute atomic E-state index is 0.135. The number of benzene rings is 2. The fourth-order valence-electron chi connectivity index (χ4n) is 3.84. The van der Waals surface area contributed by atoms with E-state index >= 15 is 0 Å². The number of hydrogen-bond acceptors (Lipinski definition) is 1. The molecule has 2 aromatic carbocycles. The van der Waals surface area contributed by atoms with Gasteiger partial charge in [-0.3, -0.25) is 0 Å². The van der Waals surface area contributed by atoms with Crippen molar-refractivity contribution in [3.05, 3.63) is 65.5 Å². The van der Waals surface area contributed by atoms with Crippen LogP contribution in [0.2, 0.25) is 0 Å². The molecule has 3 rings (SSSR count). The molecule has 2 atom stereocenters. The van der Waals surface area contributed by atoms with Crippen molar-refractivity contribution in [3.63, 3.8) is 0 Å². The lowest BCUT2D eigenvalue weighted by molar-refractivity contribution is 0.369. The van der Waals surface area contributed by atoms with Crippen molar-refractivity contribution in [2.24, 2.45) is 0 Å². The van der Waals surface area contributed by atoms with Gasteiger partial charge in [0, 0.05) is 11.7 Å². The van der Waals surface area contributed by atoms with Crippen molar-refractivity contribution in [2.45, 2.75) is 58.0 Å². The van der Waals surface area contributed by atoms with E-state index in [1.54, 1.807) is 6.07 Å². The maximum absolute atomic E-state index is 13.7. The molecule has 0 bridgehead atoms. The summed E-state index contributed by atoms with van der Waals surface area (Å²) in [7, 11) is 0. The van der Waals surface area contributed by atoms with E-state index in [1.807, 2.05) is 6.07 Å². The smallest absolute Gasteiger partial charge is 0.123 e. The number of anilines is 1. The molecule has 1 nitrogen and oxygen atoms in total. The SMILES string of the molecule is CCC[C@H]1CCC[C@@H](c2cccc(F)c2)N1c1ccc(C)cc1. The van der Waals surface area contributed by atoms with Crippen LogP contribution in [0.4, 0.5) is 10.1 Å². The van der Waals surface area contributed by atoms with E-state index in [1.165, 1.54) is 43.0 Å². The molecule has 23 heavy (non-hydrogen) atoms. The van der Waals surface area contributed by atoms with Crippen LogP contribution in [0.3, 0.4) is 0 Å². The molecular formula is C21H26FN. The van der Waals surface area contributed by atoms with Crippen molar-refractivity contribution < 1.29 is 4.39 Å². The first-order valence-corrected chi connectivity index (χ1v) is 8.79. The minimum Gasteiger partial charge on any atom is -0.362 e. The summed E-state index contributed by atoms with van der Waals surface area (Å²) in [4.78, 5) is 2.54. The summed E-state index contributed by atoms with van der Waals surface area (Å²) >= 11 is 0. The molecule has 0 radical (unpaired) electrons. The average molecular weight is 311 g/mol. The lowest BCUT2D eigenvalue weighted by Gasteiger charge is -2.44. The zero-order chi connectivity index (χ0) is 16.2. The van der Waals surface area contributed by atoms with Crippen LogP contribution < -0.4 is 4.90 Å². The minimum atomic E-state index is -0.135. The molecule has 0 saturated carbocycles. The van der Waals surface area contributed by atoms with Gasteiger partial charge in [0.1, 0.15) is 5.82 Å². The first kappa shape index (κ1) is 16.0. The molecule has 2 heteroatoms. The second-order valence-electron chi connectivity index (χ2n) is 6.69. The van der Waals surface area contributed by atoms with E-state index in [2.05, 4.69) is 49.1 Å². The molecule has 1 aliphatic heterocycles. The quantitative estimate of drug-likeness (QED) is 0.666. The maximum atomic E-state index is 13.7. The van der Waals surface area contributed by atoms with Crippen molar-refractivity contribution in [2.75, 3.05) is 4.90 Å². The Kier molecular flexibility index (Phi) is 5.00. The van der Waals surface area contributed by atoms with E-state index in [-0.39, 0.29) is 11.9 Å². The van der Waals surface area contributed by atoms with Crippen molar-refractivity contribution in [3.8, 4) is 0 Å². The Morgan fingerprint density at radius 1 is 1.09 bits per heavy atom. The molecule has 0 amide bonds. The molecular weight excluding hydrogens is 285 g/mol. The van der Waals surface area contributed by atoms with Crippen LogP contribution in [0.25, 0.3) is 0 Å². The summed E-state index contributed by atoms with van der Waals surface area (Å²) in [5.74, 6) is -0.135. The van der Waals surface area contributed by atoms with Gasteiger partial charge in [0.2, 0.25) is 0 Å². The Balaban J connectivity index is 1.99. The van der Waals surface area contributed by atoms with E-state index in [4.69, 9.17) is 0 Å². The van der Waals surface area contributed by atoms with Gasteiger partial charge in [-0.2, -0.15) is 0 Å². The van der Waals surface area contributed by atoms with Gasteiger partial charge in [-0.1, -0.05) is 43.2 Å². The highest BCUT2D eigenvalue weighted by Crippen LogP contribution is 2.39. The third-order valence-corrected chi connectivity index (χ3v) is 4.93. The molecule has 1 aliphatic rings. The van der Waals surface area contributed by atoms with Gasteiger partial charge in [0.15, 0.2) is 0 Å². The van der Waals surface area contributed by atoms with Crippen LogP contribution in [-0.4, -0.2) is 6.04 Å². The average Bonchev–Trinajstić information content (AvgIpc) is 2.56. The molecule has 0 aromatic heterocycles. The van der Waals surface area contributed by atoms with E-state index in [9.17, 15) is 4.39 Å². The fourth-order valence-corrected chi connectivity index (χ4v) is 3.84. The van der Waals surface area contributed by atoms with Gasteiger partial charge in [0.05, 0.1) is 6.04 Å². The first-order chi connectivity index (χ1) is 11.2. The fraction of sp³-hybridized carbons (Fsp3) is 0.429. The molecule has 1 heterocycles. The zero-order valence-electron chi connectivity index (χ0n) is 14.1. The maximum Gasteiger partial charge on any atom is 0.123 e. The lowest BCUT2D eigenvalue weighted by Crippen LogP contribution is -2.42. The van der Waals surface area contributed by atoms with Crippen molar-refractivity contribution in [1.82, 2.24) is 0 Å². The van der Waals surface area contributed by atoms with Crippen molar-refractivity contribution >= 4 is 5.69 Å². The molecule has 0 unspecified atom stereocenters. The summed E-state index contributed by atoms with van der Waals surface area (Å²) in [5.41, 5.74) is 3.65. The first-order valence-electron chi connectivity index (χ1n) is 8.79. The number of nitrogens with zero attached hydrogens (tertiary/aromatic N) is 1. The Bertz CT molecular complexity index is 633. The highest BCUT2D eigenvalue weighted by Gasteiger charge is 2.31. The predicted molar refractivity (Wildman–Crippen MR) is 95.3 cm³/mol. The normalized spacial score (nSPS) is 21.4. The van der Waals surface area contributed by atoms with Crippen molar-refractivity contribution in [1.29, 1.82) is 0 Å². The van der Waals surface area contributed by atoms with E-state index in [0.29, 0.717) is 6.04 Å². The van der Waals surface area contributed by atoms with Crippen LogP contribution in [-0.2, 0) is 0 Å². The predicted octanol–water partition coefficient (Wildman–Crippen LogP) is 6.03. The molecule has 0 aliphatic carbocycles. The summed E-state index contributed by atoms with van der Waals surface area (Å²) in [6, 6.07) is 16.8. The third kappa shape index (κ3) is 3.57. The van der Waals surface area contributed by atoms with Crippen LogP contribution in [0, 0.1) is 12.7 Å². The van der Waals surface area contributed by atoms with E-state index < -0.39 is 0 Å². The van der Waals surface area contributed by atoms with Gasteiger partial charge in [-0.15, -0.1) is 0 Å². The van der Waals surface area contributed by atoms with Gasteiger partial charge in [0.25, 0.3) is 0 Å². The number of hydrogen-bond donors (Lipinski definition) is 0. The Morgan fingerprint density at radius 2 is 1.87 bits per heavy atom. The Labute approximate surface area is 139 Å². The summed E-state index contributed by atoms with van der Waals surface area (Å²) in [5, 5.41) is 0. The van der Waals surface area contributed by atoms with Gasteiger partial charge >= 0.3 is 0 Å². The topological polar surface area (TPSA) is 3.24 Å².